The maximum Gasteiger partial charge on any atom is 0.224 e. The molecule has 104 valence electrons. The number of sulfone groups is 1. The number of hydrogen-bond donors (Lipinski definition) is 3. The zero-order valence-electron chi connectivity index (χ0n) is 10.3. The summed E-state index contributed by atoms with van der Waals surface area (Å²) >= 11 is 0. The zero-order chi connectivity index (χ0) is 13.8. The molecule has 2 atom stereocenters. The smallest absolute Gasteiger partial charge is 0.224 e. The van der Waals surface area contributed by atoms with E-state index in [1.807, 2.05) is 6.92 Å². The number of nitrogens with one attached hydrogen (secondary N) is 1. The van der Waals surface area contributed by atoms with E-state index in [1.54, 1.807) is 0 Å². The highest BCUT2D eigenvalue weighted by molar-refractivity contribution is 7.91. The molecule has 1 rings (SSSR count). The lowest BCUT2D eigenvalue weighted by molar-refractivity contribution is -0.124. The maximum absolute atomic E-state index is 11.9. The van der Waals surface area contributed by atoms with Crippen molar-refractivity contribution in [2.24, 2.45) is 16.8 Å². The van der Waals surface area contributed by atoms with Gasteiger partial charge in [-0.05, 0) is 12.8 Å². The number of carbonyl (C=O) groups is 1. The van der Waals surface area contributed by atoms with Crippen LogP contribution in [0, 0.1) is 5.92 Å². The van der Waals surface area contributed by atoms with Crippen LogP contribution in [0.3, 0.4) is 0 Å². The lowest BCUT2D eigenvalue weighted by Crippen LogP contribution is -2.41. The molecule has 1 aliphatic heterocycles. The number of carbonyl (C=O) groups excluding carboxylic acids is 1. The van der Waals surface area contributed by atoms with E-state index in [9.17, 15) is 13.2 Å². The van der Waals surface area contributed by atoms with Crippen LogP contribution >= 0.6 is 0 Å². The molecule has 2 unspecified atom stereocenters. The molecule has 0 radical (unpaired) electrons. The topological polar surface area (TPSA) is 122 Å². The molecule has 18 heavy (non-hydrogen) atoms. The van der Waals surface area contributed by atoms with Crippen LogP contribution in [0.4, 0.5) is 0 Å². The Kier molecular flexibility index (Phi) is 4.94. The van der Waals surface area contributed by atoms with Crippen LogP contribution < -0.4 is 11.1 Å². The minimum atomic E-state index is -3.06. The van der Waals surface area contributed by atoms with E-state index < -0.39 is 15.8 Å². The first-order valence-electron chi connectivity index (χ1n) is 5.85. The fraction of sp³-hybridized carbons (Fsp3) is 0.800. The molecule has 7 nitrogen and oxygen atoms in total. The molecule has 1 heterocycles. The number of amides is 1. The molecule has 0 aromatic heterocycles. The molecule has 0 spiro atoms. The fourth-order valence-electron chi connectivity index (χ4n) is 1.91. The van der Waals surface area contributed by atoms with Crippen LogP contribution in [-0.4, -0.2) is 42.9 Å². The predicted molar refractivity (Wildman–Crippen MR) is 67.0 cm³/mol. The molecule has 1 fully saturated rings. The minimum absolute atomic E-state index is 0.0428. The Labute approximate surface area is 106 Å². The maximum atomic E-state index is 11.9. The van der Waals surface area contributed by atoms with Gasteiger partial charge in [-0.25, -0.2) is 8.42 Å². The standard InChI is InChI=1S/C10H19N3O4S/c1-2-8(5-9(11)13-15)12-10(14)7-3-4-18(16,17)6-7/h7-8,15H,2-6H2,1H3,(H2,11,13)(H,12,14). The summed E-state index contributed by atoms with van der Waals surface area (Å²) in [4.78, 5) is 11.9. The summed E-state index contributed by atoms with van der Waals surface area (Å²) in [7, 11) is -3.06. The van der Waals surface area contributed by atoms with Crippen molar-refractivity contribution in [3.63, 3.8) is 0 Å². The number of rotatable bonds is 5. The van der Waals surface area contributed by atoms with Gasteiger partial charge in [0.1, 0.15) is 5.84 Å². The Hall–Kier alpha value is -1.31. The Morgan fingerprint density at radius 1 is 1.61 bits per heavy atom. The lowest BCUT2D eigenvalue weighted by atomic mass is 10.1. The third kappa shape index (κ3) is 4.17. The Balaban J connectivity index is 2.53. The zero-order valence-corrected chi connectivity index (χ0v) is 11.1. The van der Waals surface area contributed by atoms with Crippen molar-refractivity contribution in [1.29, 1.82) is 0 Å². The third-order valence-electron chi connectivity index (χ3n) is 3.03. The molecule has 1 aliphatic rings. The van der Waals surface area contributed by atoms with Gasteiger partial charge in [0.2, 0.25) is 5.91 Å². The van der Waals surface area contributed by atoms with Crippen molar-refractivity contribution in [2.75, 3.05) is 11.5 Å². The first-order valence-corrected chi connectivity index (χ1v) is 7.67. The predicted octanol–water partition coefficient (Wildman–Crippen LogP) is -0.548. The average molecular weight is 277 g/mol. The van der Waals surface area contributed by atoms with E-state index in [2.05, 4.69) is 10.5 Å². The molecule has 0 bridgehead atoms. The highest BCUT2D eigenvalue weighted by Gasteiger charge is 2.33. The van der Waals surface area contributed by atoms with Gasteiger partial charge >= 0.3 is 0 Å². The fourth-order valence-corrected chi connectivity index (χ4v) is 3.65. The van der Waals surface area contributed by atoms with Crippen LogP contribution in [0.25, 0.3) is 0 Å². The summed E-state index contributed by atoms with van der Waals surface area (Å²) in [6, 6.07) is -0.239. The first kappa shape index (κ1) is 14.7. The van der Waals surface area contributed by atoms with Gasteiger partial charge in [0.05, 0.1) is 17.4 Å². The van der Waals surface area contributed by atoms with Crippen molar-refractivity contribution in [2.45, 2.75) is 32.2 Å². The van der Waals surface area contributed by atoms with E-state index in [0.717, 1.165) is 0 Å². The Bertz CT molecular complexity index is 432. The SMILES string of the molecule is CCC(CC(N)=NO)NC(=O)C1CCS(=O)(=O)C1. The van der Waals surface area contributed by atoms with Gasteiger partial charge in [0.15, 0.2) is 9.84 Å². The van der Waals surface area contributed by atoms with Crippen LogP contribution in [0.5, 0.6) is 0 Å². The first-order chi connectivity index (χ1) is 8.38. The van der Waals surface area contributed by atoms with Crippen LogP contribution in [0.1, 0.15) is 26.2 Å². The normalized spacial score (nSPS) is 24.7. The summed E-state index contributed by atoms with van der Waals surface area (Å²) in [5.74, 6) is -0.716. The number of oxime groups is 1. The monoisotopic (exact) mass is 277 g/mol. The van der Waals surface area contributed by atoms with Crippen LogP contribution in [0.15, 0.2) is 5.16 Å². The largest absolute Gasteiger partial charge is 0.409 e. The highest BCUT2D eigenvalue weighted by atomic mass is 32.2. The van der Waals surface area contributed by atoms with Gasteiger partial charge in [-0.15, -0.1) is 0 Å². The second-order valence-corrected chi connectivity index (χ2v) is 6.74. The lowest BCUT2D eigenvalue weighted by Gasteiger charge is -2.18. The summed E-state index contributed by atoms with van der Waals surface area (Å²) in [5, 5.41) is 14.1. The summed E-state index contributed by atoms with van der Waals surface area (Å²) in [6.45, 7) is 1.86. The van der Waals surface area contributed by atoms with E-state index in [0.29, 0.717) is 12.8 Å². The van der Waals surface area contributed by atoms with Crippen molar-refractivity contribution in [1.82, 2.24) is 5.32 Å². The van der Waals surface area contributed by atoms with E-state index >= 15 is 0 Å². The minimum Gasteiger partial charge on any atom is -0.409 e. The van der Waals surface area contributed by atoms with Gasteiger partial charge in [-0.1, -0.05) is 12.1 Å². The molecule has 0 aromatic rings. The second-order valence-electron chi connectivity index (χ2n) is 4.51. The molecular weight excluding hydrogens is 258 g/mol. The molecule has 0 saturated carbocycles. The number of nitrogens with two attached hydrogens (primary N) is 1. The van der Waals surface area contributed by atoms with Gasteiger partial charge in [0, 0.05) is 12.5 Å². The molecule has 8 heteroatoms. The Morgan fingerprint density at radius 3 is 2.72 bits per heavy atom. The van der Waals surface area contributed by atoms with Crippen molar-refractivity contribution in [3.05, 3.63) is 0 Å². The molecule has 1 saturated heterocycles. The van der Waals surface area contributed by atoms with Crippen LogP contribution in [-0.2, 0) is 14.6 Å². The highest BCUT2D eigenvalue weighted by Crippen LogP contribution is 2.18. The quantitative estimate of drug-likeness (QED) is 0.269. The van der Waals surface area contributed by atoms with Gasteiger partial charge in [-0.3, -0.25) is 4.79 Å². The molecule has 0 aliphatic carbocycles. The number of nitrogens with zero attached hydrogens (tertiary/aromatic N) is 1. The van der Waals surface area contributed by atoms with E-state index in [1.165, 1.54) is 0 Å². The Morgan fingerprint density at radius 2 is 2.28 bits per heavy atom. The third-order valence-corrected chi connectivity index (χ3v) is 4.79. The molecule has 4 N–H and O–H groups in total. The van der Waals surface area contributed by atoms with Crippen molar-refractivity contribution < 1.29 is 18.4 Å². The molecule has 1 amide bonds. The van der Waals surface area contributed by atoms with E-state index in [-0.39, 0.29) is 35.7 Å². The van der Waals surface area contributed by atoms with Crippen molar-refractivity contribution >= 4 is 21.6 Å². The number of amidine groups is 1. The summed E-state index contributed by atoms with van der Waals surface area (Å²) < 4.78 is 22.5. The van der Waals surface area contributed by atoms with Crippen LogP contribution in [0.2, 0.25) is 0 Å². The summed E-state index contributed by atoms with van der Waals surface area (Å²) in [6.07, 6.45) is 1.24. The van der Waals surface area contributed by atoms with E-state index in [4.69, 9.17) is 10.9 Å². The summed E-state index contributed by atoms with van der Waals surface area (Å²) in [5.41, 5.74) is 5.37. The average Bonchev–Trinajstić information content (AvgIpc) is 2.68. The van der Waals surface area contributed by atoms with Gasteiger partial charge in [-0.2, -0.15) is 0 Å². The van der Waals surface area contributed by atoms with Crippen molar-refractivity contribution in [3.8, 4) is 0 Å². The number of hydrogen-bond acceptors (Lipinski definition) is 5. The molecular formula is C10H19N3O4S. The van der Waals surface area contributed by atoms with Gasteiger partial charge in [0.25, 0.3) is 0 Å². The van der Waals surface area contributed by atoms with Gasteiger partial charge < -0.3 is 16.3 Å². The molecule has 0 aromatic carbocycles. The second kappa shape index (κ2) is 6.03.